The van der Waals surface area contributed by atoms with Crippen LogP contribution in [0.1, 0.15) is 32.3 Å². The summed E-state index contributed by atoms with van der Waals surface area (Å²) in [6.45, 7) is 3.13. The Kier molecular flexibility index (Phi) is 3.93. The van der Waals surface area contributed by atoms with Gasteiger partial charge in [0.05, 0.1) is 4.92 Å². The number of fused-ring (bicyclic) bond motifs is 1. The fraction of sp³-hybridized carbons (Fsp3) is 0.133. The van der Waals surface area contributed by atoms with E-state index in [1.165, 1.54) is 6.92 Å². The summed E-state index contributed by atoms with van der Waals surface area (Å²) in [4.78, 5) is 34.5. The van der Waals surface area contributed by atoms with Gasteiger partial charge >= 0.3 is 11.6 Å². The summed E-state index contributed by atoms with van der Waals surface area (Å²) in [6, 6.07) is 7.11. The lowest BCUT2D eigenvalue weighted by molar-refractivity contribution is -0.385. The molecule has 0 fully saturated rings. The molecule has 0 saturated heterocycles. The highest BCUT2D eigenvalue weighted by atomic mass is 16.6. The van der Waals surface area contributed by atoms with Crippen LogP contribution in [0.25, 0.3) is 11.0 Å². The molecule has 128 valence electrons. The number of hydrazine groups is 1. The average molecular weight is 343 g/mol. The van der Waals surface area contributed by atoms with Gasteiger partial charge in [-0.3, -0.25) is 35.7 Å². The molecule has 3 N–H and O–H groups in total. The molecule has 2 heterocycles. The zero-order valence-corrected chi connectivity index (χ0v) is 13.2. The Labute approximate surface area is 140 Å². The number of nitrogens with zero attached hydrogens (tertiary/aromatic N) is 2. The largest absolute Gasteiger partial charge is 0.451 e. The number of aryl methyl sites for hydroxylation is 2. The number of nitro groups is 1. The summed E-state index contributed by atoms with van der Waals surface area (Å²) in [7, 11) is 0. The topological polar surface area (TPSA) is 143 Å². The van der Waals surface area contributed by atoms with E-state index in [2.05, 4.69) is 21.0 Å². The van der Waals surface area contributed by atoms with E-state index in [1.54, 1.807) is 25.1 Å². The van der Waals surface area contributed by atoms with E-state index >= 15 is 0 Å². The minimum atomic E-state index is -0.918. The molecule has 0 aliphatic carbocycles. The van der Waals surface area contributed by atoms with Crippen molar-refractivity contribution in [2.75, 3.05) is 0 Å². The Morgan fingerprint density at radius 3 is 2.56 bits per heavy atom. The van der Waals surface area contributed by atoms with Crippen LogP contribution in [-0.2, 0) is 0 Å². The minimum Gasteiger partial charge on any atom is -0.451 e. The van der Waals surface area contributed by atoms with E-state index in [-0.39, 0.29) is 11.5 Å². The van der Waals surface area contributed by atoms with Crippen molar-refractivity contribution in [1.29, 1.82) is 0 Å². The summed E-state index contributed by atoms with van der Waals surface area (Å²) in [5, 5.41) is 17.7. The zero-order chi connectivity index (χ0) is 18.1. The molecule has 0 radical (unpaired) electrons. The average Bonchev–Trinajstić information content (AvgIpc) is 3.13. The third-order valence-corrected chi connectivity index (χ3v) is 3.65. The predicted molar refractivity (Wildman–Crippen MR) is 85.9 cm³/mol. The van der Waals surface area contributed by atoms with E-state index in [1.807, 2.05) is 6.07 Å². The van der Waals surface area contributed by atoms with Crippen molar-refractivity contribution in [1.82, 2.24) is 21.0 Å². The van der Waals surface area contributed by atoms with Crippen molar-refractivity contribution < 1.29 is 18.9 Å². The summed E-state index contributed by atoms with van der Waals surface area (Å²) in [5.41, 5.74) is 4.66. The van der Waals surface area contributed by atoms with Gasteiger partial charge in [0.25, 0.3) is 5.91 Å². The molecule has 3 aromatic rings. The number of aromatic nitrogens is 2. The second-order valence-corrected chi connectivity index (χ2v) is 5.26. The minimum absolute atomic E-state index is 0.0363. The normalized spacial score (nSPS) is 10.6. The first-order valence-electron chi connectivity index (χ1n) is 7.18. The highest BCUT2D eigenvalue weighted by Crippen LogP contribution is 2.24. The molecule has 0 atom stereocenters. The smallest absolute Gasteiger partial charge is 0.322 e. The van der Waals surface area contributed by atoms with Crippen molar-refractivity contribution in [3.63, 3.8) is 0 Å². The Bertz CT molecular complexity index is 1000. The van der Waals surface area contributed by atoms with Gasteiger partial charge in [-0.25, -0.2) is 0 Å². The number of benzene rings is 1. The van der Waals surface area contributed by atoms with E-state index in [0.29, 0.717) is 11.1 Å². The highest BCUT2D eigenvalue weighted by Gasteiger charge is 2.27. The Morgan fingerprint density at radius 1 is 1.20 bits per heavy atom. The second-order valence-electron chi connectivity index (χ2n) is 5.26. The van der Waals surface area contributed by atoms with Crippen molar-refractivity contribution in [2.45, 2.75) is 13.8 Å². The zero-order valence-electron chi connectivity index (χ0n) is 13.2. The number of aromatic amines is 1. The molecule has 2 aromatic heterocycles. The van der Waals surface area contributed by atoms with Crippen molar-refractivity contribution >= 4 is 28.5 Å². The van der Waals surface area contributed by atoms with Gasteiger partial charge < -0.3 is 4.42 Å². The van der Waals surface area contributed by atoms with Crippen LogP contribution in [0.4, 0.5) is 5.69 Å². The SMILES string of the molecule is Cc1[nH]nc(C(=O)NNC(=O)c2oc3ccccc3c2C)c1[N+](=O)[O-]. The van der Waals surface area contributed by atoms with Gasteiger partial charge in [-0.05, 0) is 19.9 Å². The fourth-order valence-electron chi connectivity index (χ4n) is 2.43. The summed E-state index contributed by atoms with van der Waals surface area (Å²) >= 11 is 0. The number of amides is 2. The van der Waals surface area contributed by atoms with Crippen LogP contribution >= 0.6 is 0 Å². The molecule has 2 amide bonds. The molecular weight excluding hydrogens is 330 g/mol. The number of carbonyl (C=O) groups excluding carboxylic acids is 2. The van der Waals surface area contributed by atoms with Gasteiger partial charge in [0.15, 0.2) is 5.76 Å². The van der Waals surface area contributed by atoms with Crippen LogP contribution in [-0.4, -0.2) is 26.9 Å². The van der Waals surface area contributed by atoms with Crippen molar-refractivity contribution in [3.05, 3.63) is 57.1 Å². The Balaban J connectivity index is 1.77. The predicted octanol–water partition coefficient (Wildman–Crippen LogP) is 1.76. The molecule has 0 aliphatic heterocycles. The second kappa shape index (κ2) is 6.07. The number of furan rings is 1. The maximum atomic E-state index is 12.2. The summed E-state index contributed by atoms with van der Waals surface area (Å²) in [6.07, 6.45) is 0. The van der Waals surface area contributed by atoms with Gasteiger partial charge in [0.1, 0.15) is 11.3 Å². The monoisotopic (exact) mass is 343 g/mol. The van der Waals surface area contributed by atoms with Crippen LogP contribution in [0.3, 0.4) is 0 Å². The first-order valence-corrected chi connectivity index (χ1v) is 7.18. The Hall–Kier alpha value is -3.69. The van der Waals surface area contributed by atoms with Crippen LogP contribution in [0.5, 0.6) is 0 Å². The van der Waals surface area contributed by atoms with Gasteiger partial charge in [-0.15, -0.1) is 0 Å². The molecule has 25 heavy (non-hydrogen) atoms. The number of para-hydroxylation sites is 1. The first-order chi connectivity index (χ1) is 11.9. The molecule has 10 heteroatoms. The van der Waals surface area contributed by atoms with E-state index < -0.39 is 28.1 Å². The molecule has 0 unspecified atom stereocenters. The summed E-state index contributed by atoms with van der Waals surface area (Å²) in [5.74, 6) is -1.57. The third kappa shape index (κ3) is 2.80. The highest BCUT2D eigenvalue weighted by molar-refractivity contribution is 6.02. The van der Waals surface area contributed by atoms with Crippen LogP contribution in [0, 0.1) is 24.0 Å². The van der Waals surface area contributed by atoms with Crippen LogP contribution in [0.2, 0.25) is 0 Å². The lowest BCUT2D eigenvalue weighted by atomic mass is 10.1. The van der Waals surface area contributed by atoms with Gasteiger partial charge in [0, 0.05) is 10.9 Å². The van der Waals surface area contributed by atoms with Gasteiger partial charge in [-0.1, -0.05) is 18.2 Å². The molecular formula is C15H13N5O5. The van der Waals surface area contributed by atoms with E-state index in [9.17, 15) is 19.7 Å². The van der Waals surface area contributed by atoms with Crippen molar-refractivity contribution in [2.24, 2.45) is 0 Å². The molecule has 0 bridgehead atoms. The van der Waals surface area contributed by atoms with Crippen LogP contribution in [0.15, 0.2) is 28.7 Å². The standard InChI is InChI=1S/C15H13N5O5/c1-7-9-5-3-4-6-10(9)25-13(7)15(22)19-18-14(21)11-12(20(23)24)8(2)16-17-11/h3-6H,1-2H3,(H,16,17)(H,18,21)(H,19,22). The van der Waals surface area contributed by atoms with Gasteiger partial charge in [-0.2, -0.15) is 5.10 Å². The number of nitrogens with one attached hydrogen (secondary N) is 3. The molecule has 0 aliphatic rings. The van der Waals surface area contributed by atoms with Crippen LogP contribution < -0.4 is 10.9 Å². The van der Waals surface area contributed by atoms with Crippen molar-refractivity contribution in [3.8, 4) is 0 Å². The number of hydrogen-bond acceptors (Lipinski definition) is 6. The lowest BCUT2D eigenvalue weighted by Crippen LogP contribution is -2.42. The maximum absolute atomic E-state index is 12.2. The summed E-state index contributed by atoms with van der Waals surface area (Å²) < 4.78 is 5.47. The number of H-pyrrole nitrogens is 1. The molecule has 0 saturated carbocycles. The van der Waals surface area contributed by atoms with Gasteiger partial charge in [0.2, 0.25) is 5.69 Å². The quantitative estimate of drug-likeness (QED) is 0.488. The Morgan fingerprint density at radius 2 is 1.88 bits per heavy atom. The molecule has 10 nitrogen and oxygen atoms in total. The van der Waals surface area contributed by atoms with E-state index in [0.717, 1.165) is 5.39 Å². The maximum Gasteiger partial charge on any atom is 0.322 e. The number of hydrogen-bond donors (Lipinski definition) is 3. The molecule has 3 rings (SSSR count). The van der Waals surface area contributed by atoms with E-state index in [4.69, 9.17) is 4.42 Å². The molecule has 1 aromatic carbocycles. The number of carbonyl (C=O) groups is 2. The first kappa shape index (κ1) is 16.2. The lowest BCUT2D eigenvalue weighted by Gasteiger charge is -2.04. The number of rotatable bonds is 3. The fourth-order valence-corrected chi connectivity index (χ4v) is 2.43. The third-order valence-electron chi connectivity index (χ3n) is 3.65. The molecule has 0 spiro atoms.